The van der Waals surface area contributed by atoms with Gasteiger partial charge < -0.3 is 21.3 Å². The number of hydrogen-bond donors (Lipinski definition) is 4. The predicted molar refractivity (Wildman–Crippen MR) is 160 cm³/mol. The molecule has 1 aromatic heterocycles. The third-order valence-electron chi connectivity index (χ3n) is 6.03. The van der Waals surface area contributed by atoms with Crippen LogP contribution in [-0.2, 0) is 14.8 Å². The first-order valence-corrected chi connectivity index (χ1v) is 15.4. The van der Waals surface area contributed by atoms with E-state index in [0.717, 1.165) is 14.4 Å². The summed E-state index contributed by atoms with van der Waals surface area (Å²) in [7, 11) is -1.02. The summed E-state index contributed by atoms with van der Waals surface area (Å²) in [4.78, 5) is 37.8. The lowest BCUT2D eigenvalue weighted by molar-refractivity contribution is -0.123. The average Bonchev–Trinajstić information content (AvgIpc) is 3.34. The van der Waals surface area contributed by atoms with Gasteiger partial charge in [-0.05, 0) is 54.5 Å². The molecule has 0 fully saturated rings. The van der Waals surface area contributed by atoms with Crippen LogP contribution in [0.1, 0.15) is 36.4 Å². The molecule has 13 heteroatoms. The van der Waals surface area contributed by atoms with Crippen LogP contribution in [-0.4, -0.2) is 63.8 Å². The number of sulfonamides is 1. The maximum Gasteiger partial charge on any atom is 0.318 e. The monoisotopic (exact) mass is 607 g/mol. The highest BCUT2D eigenvalue weighted by molar-refractivity contribution is 7.89. The van der Waals surface area contributed by atoms with E-state index in [9.17, 15) is 22.8 Å². The van der Waals surface area contributed by atoms with Crippen LogP contribution in [0, 0.1) is 5.92 Å². The predicted octanol–water partition coefficient (Wildman–Crippen LogP) is 4.28. The van der Waals surface area contributed by atoms with Gasteiger partial charge in [0, 0.05) is 37.6 Å². The van der Waals surface area contributed by atoms with Crippen LogP contribution in [0.25, 0.3) is 10.1 Å². The van der Waals surface area contributed by atoms with Crippen molar-refractivity contribution in [3.8, 4) is 0 Å². The number of fused-ring (bicyclic) bond motifs is 1. The van der Waals surface area contributed by atoms with Crippen molar-refractivity contribution in [1.29, 1.82) is 0 Å². The van der Waals surface area contributed by atoms with E-state index >= 15 is 0 Å². The Morgan fingerprint density at radius 2 is 1.80 bits per heavy atom. The Labute approximate surface area is 243 Å². The maximum absolute atomic E-state index is 13.0. The Bertz CT molecular complexity index is 1440. The van der Waals surface area contributed by atoms with E-state index in [2.05, 4.69) is 21.3 Å². The number of halogens is 1. The number of amides is 4. The Morgan fingerprint density at radius 3 is 2.45 bits per heavy atom. The Morgan fingerprint density at radius 1 is 1.07 bits per heavy atom. The average molecular weight is 608 g/mol. The molecule has 0 saturated carbocycles. The lowest BCUT2D eigenvalue weighted by Gasteiger charge is -2.21. The smallest absolute Gasteiger partial charge is 0.318 e. The topological polar surface area (TPSA) is 137 Å². The highest BCUT2D eigenvalue weighted by Gasteiger charge is 2.25. The van der Waals surface area contributed by atoms with Crippen LogP contribution in [0.3, 0.4) is 0 Å². The summed E-state index contributed by atoms with van der Waals surface area (Å²) in [5, 5.41) is 11.5. The van der Waals surface area contributed by atoms with Gasteiger partial charge in [0.05, 0.1) is 9.90 Å². The first kappa shape index (κ1) is 31.3. The second-order valence-corrected chi connectivity index (χ2v) is 13.1. The number of rotatable bonds is 12. The first-order chi connectivity index (χ1) is 18.9. The second-order valence-electron chi connectivity index (χ2n) is 9.62. The van der Waals surface area contributed by atoms with Crippen LogP contribution in [0.4, 0.5) is 10.5 Å². The number of thiophene rings is 1. The van der Waals surface area contributed by atoms with Gasteiger partial charge in [0.2, 0.25) is 15.9 Å². The van der Waals surface area contributed by atoms with Crippen LogP contribution >= 0.6 is 22.9 Å². The molecule has 0 saturated heterocycles. The number of carbonyl (C=O) groups is 3. The molecule has 3 aromatic rings. The van der Waals surface area contributed by atoms with E-state index in [-0.39, 0.29) is 40.7 Å². The van der Waals surface area contributed by atoms with Crippen LogP contribution in [0.15, 0.2) is 53.4 Å². The molecule has 3 rings (SSSR count). The fourth-order valence-electron chi connectivity index (χ4n) is 3.93. The van der Waals surface area contributed by atoms with Crippen molar-refractivity contribution in [2.24, 2.45) is 5.92 Å². The molecule has 0 aliphatic heterocycles. The molecule has 0 unspecified atom stereocenters. The highest BCUT2D eigenvalue weighted by Crippen LogP contribution is 2.27. The van der Waals surface area contributed by atoms with E-state index in [1.165, 1.54) is 43.6 Å². The van der Waals surface area contributed by atoms with Crippen LogP contribution in [0.2, 0.25) is 5.02 Å². The number of urea groups is 1. The lowest BCUT2D eigenvalue weighted by atomic mass is 10.0. The van der Waals surface area contributed by atoms with Gasteiger partial charge in [-0.2, -0.15) is 0 Å². The lowest BCUT2D eigenvalue weighted by Crippen LogP contribution is -2.47. The van der Waals surface area contributed by atoms with Gasteiger partial charge in [-0.25, -0.2) is 17.5 Å². The van der Waals surface area contributed by atoms with E-state index in [1.54, 1.807) is 0 Å². The SMILES string of the molecule is CNC(=O)Nc1ccc(S(=O)(=O)N(C)CCCNC(=O)[C@H](CC(C)C)NC(=O)c2cc3ccccc3s2)c(Cl)c1. The maximum atomic E-state index is 13.0. The minimum Gasteiger partial charge on any atom is -0.354 e. The second kappa shape index (κ2) is 13.9. The standard InChI is InChI=1S/C27H34ClN5O5S2/c1-17(2)14-21(32-26(35)23-15-18-8-5-6-9-22(18)39-23)25(34)30-12-7-13-33(4)40(37,38)24-11-10-19(16-20(24)28)31-27(36)29-3/h5-6,8-11,15-17,21H,7,12-14H2,1-4H3,(H,30,34)(H,32,35)(H2,29,31,36)/t21-/m0/s1. The molecule has 1 atom stereocenters. The van der Waals surface area contributed by atoms with Gasteiger partial charge in [-0.15, -0.1) is 11.3 Å². The molecule has 10 nitrogen and oxygen atoms in total. The summed E-state index contributed by atoms with van der Waals surface area (Å²) >= 11 is 7.58. The molecule has 4 N–H and O–H groups in total. The normalized spacial score (nSPS) is 12.4. The summed E-state index contributed by atoms with van der Waals surface area (Å²) in [6.45, 7) is 4.28. The molecule has 4 amide bonds. The van der Waals surface area contributed by atoms with Crippen molar-refractivity contribution < 1.29 is 22.8 Å². The summed E-state index contributed by atoms with van der Waals surface area (Å²) in [5.74, 6) is -0.463. The Hall–Kier alpha value is -3.19. The van der Waals surface area contributed by atoms with Gasteiger partial charge in [0.1, 0.15) is 10.9 Å². The molecule has 0 bridgehead atoms. The number of benzene rings is 2. The van der Waals surface area contributed by atoms with Gasteiger partial charge in [0.15, 0.2) is 0 Å². The zero-order valence-electron chi connectivity index (χ0n) is 22.8. The zero-order valence-corrected chi connectivity index (χ0v) is 25.2. The van der Waals surface area contributed by atoms with E-state index in [0.29, 0.717) is 23.4 Å². The van der Waals surface area contributed by atoms with Crippen molar-refractivity contribution in [2.75, 3.05) is 32.5 Å². The largest absolute Gasteiger partial charge is 0.354 e. The third-order valence-corrected chi connectivity index (χ3v) is 9.49. The van der Waals surface area contributed by atoms with E-state index in [1.807, 2.05) is 44.2 Å². The van der Waals surface area contributed by atoms with Crippen molar-refractivity contribution in [3.63, 3.8) is 0 Å². The molecule has 0 spiro atoms. The number of hydrogen-bond acceptors (Lipinski definition) is 6. The fourth-order valence-corrected chi connectivity index (χ4v) is 6.62. The van der Waals surface area contributed by atoms with Crippen LogP contribution in [0.5, 0.6) is 0 Å². The molecule has 2 aromatic carbocycles. The number of nitrogens with zero attached hydrogens (tertiary/aromatic N) is 1. The van der Waals surface area contributed by atoms with Crippen molar-refractivity contribution in [2.45, 2.75) is 37.6 Å². The molecule has 0 aliphatic carbocycles. The minimum atomic E-state index is -3.91. The van der Waals surface area contributed by atoms with Crippen LogP contribution < -0.4 is 21.3 Å². The number of anilines is 1. The molecule has 216 valence electrons. The Kier molecular flexibility index (Phi) is 10.9. The quantitative estimate of drug-likeness (QED) is 0.228. The summed E-state index contributed by atoms with van der Waals surface area (Å²) in [6.07, 6.45) is 0.800. The molecule has 1 heterocycles. The summed E-state index contributed by atoms with van der Waals surface area (Å²) < 4.78 is 28.2. The molecule has 0 aliphatic rings. The first-order valence-electron chi connectivity index (χ1n) is 12.7. The third kappa shape index (κ3) is 8.17. The minimum absolute atomic E-state index is 0.0278. The molecule has 40 heavy (non-hydrogen) atoms. The highest BCUT2D eigenvalue weighted by atomic mass is 35.5. The van der Waals surface area contributed by atoms with Gasteiger partial charge in [0.25, 0.3) is 5.91 Å². The number of nitrogens with one attached hydrogen (secondary N) is 4. The molecular formula is C27H34ClN5O5S2. The van der Waals surface area contributed by atoms with Crippen molar-refractivity contribution in [3.05, 3.63) is 58.4 Å². The Balaban J connectivity index is 1.55. The van der Waals surface area contributed by atoms with Gasteiger partial charge in [-0.3, -0.25) is 9.59 Å². The molecular weight excluding hydrogens is 574 g/mol. The van der Waals surface area contributed by atoms with E-state index < -0.39 is 22.1 Å². The van der Waals surface area contributed by atoms with Gasteiger partial charge >= 0.3 is 6.03 Å². The number of carbonyl (C=O) groups excluding carboxylic acids is 3. The molecule has 0 radical (unpaired) electrons. The summed E-state index contributed by atoms with van der Waals surface area (Å²) in [6, 6.07) is 12.5. The van der Waals surface area contributed by atoms with Crippen molar-refractivity contribution in [1.82, 2.24) is 20.3 Å². The zero-order chi connectivity index (χ0) is 29.4. The van der Waals surface area contributed by atoms with Crippen molar-refractivity contribution >= 4 is 66.6 Å². The van der Waals surface area contributed by atoms with E-state index in [4.69, 9.17) is 11.6 Å². The summed E-state index contributed by atoms with van der Waals surface area (Å²) in [5.41, 5.74) is 0.351. The fraction of sp³-hybridized carbons (Fsp3) is 0.370. The van der Waals surface area contributed by atoms with Gasteiger partial charge in [-0.1, -0.05) is 43.6 Å².